The number of aromatic nitrogens is 3. The second kappa shape index (κ2) is 9.09. The molecular formula is C18H20F2N6O2S. The van der Waals surface area contributed by atoms with Crippen LogP contribution in [0, 0.1) is 11.3 Å². The van der Waals surface area contributed by atoms with Crippen LogP contribution in [0.2, 0.25) is 0 Å². The number of carbonyl (C=O) groups excluding carboxylic acids is 1. The van der Waals surface area contributed by atoms with Crippen LogP contribution in [-0.4, -0.2) is 38.7 Å². The van der Waals surface area contributed by atoms with Crippen molar-refractivity contribution in [1.29, 1.82) is 5.26 Å². The quantitative estimate of drug-likeness (QED) is 0.520. The molecule has 3 N–H and O–H groups in total. The first-order valence-electron chi connectivity index (χ1n) is 9.03. The lowest BCUT2D eigenvalue weighted by Gasteiger charge is -2.31. The lowest BCUT2D eigenvalue weighted by Crippen LogP contribution is -2.49. The minimum Gasteiger partial charge on any atom is -0.435 e. The number of halogens is 2. The van der Waals surface area contributed by atoms with Gasteiger partial charge in [0, 0.05) is 5.56 Å². The van der Waals surface area contributed by atoms with E-state index in [0.29, 0.717) is 29.4 Å². The maximum atomic E-state index is 12.3. The highest BCUT2D eigenvalue weighted by Gasteiger charge is 2.33. The Labute approximate surface area is 170 Å². The van der Waals surface area contributed by atoms with Crippen LogP contribution in [0.3, 0.4) is 0 Å². The number of nitrogen functional groups attached to an aromatic ring is 1. The fraction of sp³-hybridized carbons (Fsp3) is 0.444. The van der Waals surface area contributed by atoms with Crippen molar-refractivity contribution in [2.45, 2.75) is 49.4 Å². The molecule has 11 heteroatoms. The van der Waals surface area contributed by atoms with Gasteiger partial charge in [-0.3, -0.25) is 4.79 Å². The molecule has 8 nitrogen and oxygen atoms in total. The first kappa shape index (κ1) is 20.9. The summed E-state index contributed by atoms with van der Waals surface area (Å²) in [6.07, 6.45) is 4.22. The molecule has 1 fully saturated rings. The van der Waals surface area contributed by atoms with Crippen LogP contribution in [0.25, 0.3) is 11.4 Å². The van der Waals surface area contributed by atoms with E-state index in [9.17, 15) is 18.8 Å². The minimum absolute atomic E-state index is 0.0206. The van der Waals surface area contributed by atoms with Crippen LogP contribution in [0.15, 0.2) is 29.4 Å². The number of carbonyl (C=O) groups is 1. The number of hydrogen-bond donors (Lipinski definition) is 2. The number of ether oxygens (including phenoxy) is 1. The van der Waals surface area contributed by atoms with Crippen LogP contribution in [0.1, 0.15) is 32.1 Å². The standard InChI is InChI=1S/C18H20F2N6O2S/c19-16(20)28-13-6-4-12(5-7-13)15-24-25-17(26(15)22)29-10-14(27)23-18(11-21)8-2-1-3-9-18/h4-7,16H,1-3,8-10,22H2,(H,23,27). The third-order valence-electron chi connectivity index (χ3n) is 4.63. The summed E-state index contributed by atoms with van der Waals surface area (Å²) in [4.78, 5) is 12.3. The van der Waals surface area contributed by atoms with Gasteiger partial charge in [-0.2, -0.15) is 14.0 Å². The number of amides is 1. The average molecular weight is 422 g/mol. The molecule has 2 aromatic rings. The number of hydrogen-bond acceptors (Lipinski definition) is 7. The topological polar surface area (TPSA) is 119 Å². The molecule has 0 spiro atoms. The summed E-state index contributed by atoms with van der Waals surface area (Å²) < 4.78 is 30.0. The normalized spacial score (nSPS) is 15.7. The monoisotopic (exact) mass is 422 g/mol. The highest BCUT2D eigenvalue weighted by Crippen LogP contribution is 2.28. The summed E-state index contributed by atoms with van der Waals surface area (Å²) in [6.45, 7) is -2.90. The Bertz CT molecular complexity index is 891. The first-order chi connectivity index (χ1) is 13.9. The predicted octanol–water partition coefficient (Wildman–Crippen LogP) is 2.70. The Morgan fingerprint density at radius 1 is 1.31 bits per heavy atom. The van der Waals surface area contributed by atoms with Gasteiger partial charge in [-0.15, -0.1) is 10.2 Å². The van der Waals surface area contributed by atoms with Crippen molar-refractivity contribution in [1.82, 2.24) is 20.2 Å². The van der Waals surface area contributed by atoms with Crippen LogP contribution in [0.5, 0.6) is 5.75 Å². The molecular weight excluding hydrogens is 402 g/mol. The van der Waals surface area contributed by atoms with Gasteiger partial charge in [-0.1, -0.05) is 31.0 Å². The van der Waals surface area contributed by atoms with Crippen LogP contribution in [-0.2, 0) is 4.79 Å². The summed E-state index contributed by atoms with van der Waals surface area (Å²) >= 11 is 1.10. The van der Waals surface area contributed by atoms with E-state index >= 15 is 0 Å². The molecule has 29 heavy (non-hydrogen) atoms. The maximum absolute atomic E-state index is 12.3. The summed E-state index contributed by atoms with van der Waals surface area (Å²) in [5.41, 5.74) is -0.233. The van der Waals surface area contributed by atoms with Gasteiger partial charge < -0.3 is 15.9 Å². The number of rotatable bonds is 7. The summed E-state index contributed by atoms with van der Waals surface area (Å²) in [6, 6.07) is 8.06. The Balaban J connectivity index is 1.61. The number of nitrogens with one attached hydrogen (secondary N) is 1. The van der Waals surface area contributed by atoms with Crippen molar-refractivity contribution < 1.29 is 18.3 Å². The molecule has 0 bridgehead atoms. The smallest absolute Gasteiger partial charge is 0.387 e. The van der Waals surface area contributed by atoms with E-state index in [1.54, 1.807) is 0 Å². The molecule has 1 heterocycles. The highest BCUT2D eigenvalue weighted by atomic mass is 32.2. The summed E-state index contributed by atoms with van der Waals surface area (Å²) in [5, 5.41) is 20.6. The van der Waals surface area contributed by atoms with E-state index in [0.717, 1.165) is 31.0 Å². The molecule has 0 aliphatic heterocycles. The number of alkyl halides is 2. The van der Waals surface area contributed by atoms with Crippen LogP contribution < -0.4 is 15.9 Å². The van der Waals surface area contributed by atoms with Crippen molar-refractivity contribution in [3.8, 4) is 23.2 Å². The number of thioether (sulfide) groups is 1. The van der Waals surface area contributed by atoms with E-state index in [1.807, 2.05) is 0 Å². The van der Waals surface area contributed by atoms with Crippen LogP contribution >= 0.6 is 11.8 Å². The minimum atomic E-state index is -2.90. The molecule has 3 rings (SSSR count). The van der Waals surface area contributed by atoms with Gasteiger partial charge in [-0.05, 0) is 37.1 Å². The third kappa shape index (κ3) is 5.14. The molecule has 0 saturated heterocycles. The summed E-state index contributed by atoms with van der Waals surface area (Å²) in [5.74, 6) is 6.12. The SMILES string of the molecule is N#CC1(NC(=O)CSc2nnc(-c3ccc(OC(F)F)cc3)n2N)CCCCC1. The fourth-order valence-corrected chi connectivity index (χ4v) is 3.87. The average Bonchev–Trinajstić information content (AvgIpc) is 3.08. The second-order valence-corrected chi connectivity index (χ2v) is 7.61. The Morgan fingerprint density at radius 3 is 2.62 bits per heavy atom. The predicted molar refractivity (Wildman–Crippen MR) is 103 cm³/mol. The third-order valence-corrected chi connectivity index (χ3v) is 5.58. The molecule has 1 aliphatic rings. The zero-order valence-corrected chi connectivity index (χ0v) is 16.3. The Hall–Kier alpha value is -2.87. The van der Waals surface area contributed by atoms with E-state index < -0.39 is 12.2 Å². The van der Waals surface area contributed by atoms with Gasteiger partial charge in [0.1, 0.15) is 11.3 Å². The molecule has 1 aromatic carbocycles. The van der Waals surface area contributed by atoms with Crippen molar-refractivity contribution in [3.05, 3.63) is 24.3 Å². The van der Waals surface area contributed by atoms with Crippen LogP contribution in [0.4, 0.5) is 8.78 Å². The van der Waals surface area contributed by atoms with Gasteiger partial charge in [0.25, 0.3) is 0 Å². The lowest BCUT2D eigenvalue weighted by atomic mass is 9.83. The molecule has 0 atom stereocenters. The van der Waals surface area contributed by atoms with Gasteiger partial charge >= 0.3 is 6.61 Å². The van der Waals surface area contributed by atoms with Crippen molar-refractivity contribution in [2.75, 3.05) is 11.6 Å². The number of nitriles is 1. The zero-order valence-electron chi connectivity index (χ0n) is 15.5. The van der Waals surface area contributed by atoms with Gasteiger partial charge in [0.15, 0.2) is 5.82 Å². The first-order valence-corrected chi connectivity index (χ1v) is 10.0. The van der Waals surface area contributed by atoms with E-state index in [-0.39, 0.29) is 17.4 Å². The molecule has 1 saturated carbocycles. The van der Waals surface area contributed by atoms with E-state index in [4.69, 9.17) is 5.84 Å². The molecule has 1 aliphatic carbocycles. The molecule has 0 unspecified atom stereocenters. The Kier molecular flexibility index (Phi) is 6.53. The largest absolute Gasteiger partial charge is 0.435 e. The highest BCUT2D eigenvalue weighted by molar-refractivity contribution is 7.99. The van der Waals surface area contributed by atoms with Gasteiger partial charge in [-0.25, -0.2) is 4.68 Å². The number of benzene rings is 1. The van der Waals surface area contributed by atoms with Crippen molar-refractivity contribution in [2.24, 2.45) is 0 Å². The molecule has 0 radical (unpaired) electrons. The van der Waals surface area contributed by atoms with Crippen molar-refractivity contribution >= 4 is 17.7 Å². The molecule has 154 valence electrons. The zero-order chi connectivity index (χ0) is 20.9. The van der Waals surface area contributed by atoms with Gasteiger partial charge in [0.2, 0.25) is 11.1 Å². The van der Waals surface area contributed by atoms with Gasteiger partial charge in [0.05, 0.1) is 11.8 Å². The Morgan fingerprint density at radius 2 is 2.00 bits per heavy atom. The fourth-order valence-electron chi connectivity index (χ4n) is 3.21. The maximum Gasteiger partial charge on any atom is 0.387 e. The van der Waals surface area contributed by atoms with Crippen molar-refractivity contribution in [3.63, 3.8) is 0 Å². The summed E-state index contributed by atoms with van der Waals surface area (Å²) in [7, 11) is 0. The number of nitrogens with zero attached hydrogens (tertiary/aromatic N) is 4. The second-order valence-electron chi connectivity index (χ2n) is 6.67. The molecule has 1 aromatic heterocycles. The number of nitrogens with two attached hydrogens (primary N) is 1. The molecule has 1 amide bonds. The van der Waals surface area contributed by atoms with E-state index in [1.165, 1.54) is 28.9 Å². The van der Waals surface area contributed by atoms with E-state index in [2.05, 4.69) is 26.3 Å². The lowest BCUT2D eigenvalue weighted by molar-refractivity contribution is -0.120.